The first-order chi connectivity index (χ1) is 7.63. The fourth-order valence-corrected chi connectivity index (χ4v) is 1.62. The standard InChI is InChI=1S/C13H20ClNO/c1-3-12(15)5-4-8-16-13-9-11(14)7-6-10(13)2/h6-7,9,12H,3-5,8,15H2,1-2H3. The first-order valence-electron chi connectivity index (χ1n) is 5.78. The van der Waals surface area contributed by atoms with Gasteiger partial charge in [0.1, 0.15) is 5.75 Å². The Labute approximate surface area is 103 Å². The van der Waals surface area contributed by atoms with Gasteiger partial charge in [-0.1, -0.05) is 24.6 Å². The zero-order valence-electron chi connectivity index (χ0n) is 10.0. The van der Waals surface area contributed by atoms with Crippen molar-refractivity contribution in [2.24, 2.45) is 5.73 Å². The van der Waals surface area contributed by atoms with E-state index in [4.69, 9.17) is 22.1 Å². The summed E-state index contributed by atoms with van der Waals surface area (Å²) in [6.45, 7) is 4.82. The largest absolute Gasteiger partial charge is 0.493 e. The van der Waals surface area contributed by atoms with Gasteiger partial charge in [0.25, 0.3) is 0 Å². The number of aryl methyl sites for hydroxylation is 1. The summed E-state index contributed by atoms with van der Waals surface area (Å²) in [5, 5.41) is 0.714. The lowest BCUT2D eigenvalue weighted by molar-refractivity contribution is 0.299. The van der Waals surface area contributed by atoms with E-state index in [9.17, 15) is 0 Å². The van der Waals surface area contributed by atoms with Gasteiger partial charge in [0, 0.05) is 11.1 Å². The molecular formula is C13H20ClNO. The molecule has 2 nitrogen and oxygen atoms in total. The second-order valence-electron chi connectivity index (χ2n) is 4.07. The van der Waals surface area contributed by atoms with Crippen LogP contribution in [0.4, 0.5) is 0 Å². The van der Waals surface area contributed by atoms with Gasteiger partial charge in [-0.05, 0) is 43.9 Å². The average Bonchev–Trinajstić information content (AvgIpc) is 2.28. The van der Waals surface area contributed by atoms with Gasteiger partial charge in [-0.15, -0.1) is 0 Å². The molecule has 3 heteroatoms. The molecular weight excluding hydrogens is 222 g/mol. The smallest absolute Gasteiger partial charge is 0.123 e. The molecule has 0 aliphatic carbocycles. The number of halogens is 1. The Morgan fingerprint density at radius 1 is 1.44 bits per heavy atom. The van der Waals surface area contributed by atoms with Crippen LogP contribution in [0.15, 0.2) is 18.2 Å². The quantitative estimate of drug-likeness (QED) is 0.774. The number of rotatable bonds is 6. The third kappa shape index (κ3) is 4.42. The van der Waals surface area contributed by atoms with Crippen molar-refractivity contribution < 1.29 is 4.74 Å². The molecule has 0 aromatic heterocycles. The van der Waals surface area contributed by atoms with Gasteiger partial charge in [-0.25, -0.2) is 0 Å². The molecule has 0 heterocycles. The average molecular weight is 242 g/mol. The molecule has 1 unspecified atom stereocenters. The highest BCUT2D eigenvalue weighted by atomic mass is 35.5. The summed E-state index contributed by atoms with van der Waals surface area (Å²) in [6.07, 6.45) is 3.02. The summed E-state index contributed by atoms with van der Waals surface area (Å²) >= 11 is 5.90. The molecule has 0 bridgehead atoms. The minimum atomic E-state index is 0.295. The highest BCUT2D eigenvalue weighted by Crippen LogP contribution is 2.22. The zero-order chi connectivity index (χ0) is 12.0. The van der Waals surface area contributed by atoms with E-state index in [-0.39, 0.29) is 0 Å². The van der Waals surface area contributed by atoms with Gasteiger partial charge in [0.15, 0.2) is 0 Å². The molecule has 2 N–H and O–H groups in total. The monoisotopic (exact) mass is 241 g/mol. The van der Waals surface area contributed by atoms with Crippen LogP contribution in [0.1, 0.15) is 31.7 Å². The van der Waals surface area contributed by atoms with Crippen molar-refractivity contribution in [2.45, 2.75) is 39.2 Å². The SMILES string of the molecule is CCC(N)CCCOc1cc(Cl)ccc1C. The van der Waals surface area contributed by atoms with E-state index in [1.165, 1.54) is 0 Å². The third-order valence-electron chi connectivity index (χ3n) is 2.65. The molecule has 0 amide bonds. The Hall–Kier alpha value is -0.730. The molecule has 0 spiro atoms. The fourth-order valence-electron chi connectivity index (χ4n) is 1.46. The Bertz CT molecular complexity index is 328. The van der Waals surface area contributed by atoms with Crippen molar-refractivity contribution >= 4 is 11.6 Å². The van der Waals surface area contributed by atoms with Crippen molar-refractivity contribution in [1.82, 2.24) is 0 Å². The van der Waals surface area contributed by atoms with E-state index < -0.39 is 0 Å². The van der Waals surface area contributed by atoms with Gasteiger partial charge in [-0.3, -0.25) is 0 Å². The molecule has 0 saturated carbocycles. The Morgan fingerprint density at radius 2 is 2.19 bits per heavy atom. The summed E-state index contributed by atoms with van der Waals surface area (Å²) in [5.74, 6) is 0.873. The molecule has 1 atom stereocenters. The van der Waals surface area contributed by atoms with Crippen LogP contribution >= 0.6 is 11.6 Å². The van der Waals surface area contributed by atoms with Crippen molar-refractivity contribution in [3.05, 3.63) is 28.8 Å². The van der Waals surface area contributed by atoms with Gasteiger partial charge in [0.05, 0.1) is 6.61 Å². The third-order valence-corrected chi connectivity index (χ3v) is 2.89. The summed E-state index contributed by atoms with van der Waals surface area (Å²) in [5.41, 5.74) is 6.94. The van der Waals surface area contributed by atoms with Crippen LogP contribution in [0, 0.1) is 6.92 Å². The molecule has 1 aromatic carbocycles. The van der Waals surface area contributed by atoms with Gasteiger partial charge in [-0.2, -0.15) is 0 Å². The maximum Gasteiger partial charge on any atom is 0.123 e. The molecule has 0 radical (unpaired) electrons. The Morgan fingerprint density at radius 3 is 2.88 bits per heavy atom. The second kappa shape index (κ2) is 6.77. The van der Waals surface area contributed by atoms with Crippen LogP contribution in [-0.2, 0) is 0 Å². The maximum atomic E-state index is 5.90. The predicted octanol–water partition coefficient (Wildman–Crippen LogP) is 3.54. The van der Waals surface area contributed by atoms with E-state index in [1.807, 2.05) is 25.1 Å². The highest BCUT2D eigenvalue weighted by molar-refractivity contribution is 6.30. The molecule has 0 saturated heterocycles. The van der Waals surface area contributed by atoms with E-state index in [0.29, 0.717) is 17.7 Å². The number of nitrogens with two attached hydrogens (primary N) is 1. The van der Waals surface area contributed by atoms with E-state index >= 15 is 0 Å². The normalized spacial score (nSPS) is 12.5. The van der Waals surface area contributed by atoms with Crippen LogP contribution in [0.25, 0.3) is 0 Å². The Kier molecular flexibility index (Phi) is 5.64. The second-order valence-corrected chi connectivity index (χ2v) is 4.51. The molecule has 0 aliphatic rings. The maximum absolute atomic E-state index is 5.90. The van der Waals surface area contributed by atoms with Crippen molar-refractivity contribution in [2.75, 3.05) is 6.61 Å². The van der Waals surface area contributed by atoms with Crippen molar-refractivity contribution in [3.63, 3.8) is 0 Å². The van der Waals surface area contributed by atoms with Gasteiger partial charge < -0.3 is 10.5 Å². The van der Waals surface area contributed by atoms with Crippen LogP contribution in [0.5, 0.6) is 5.75 Å². The molecule has 16 heavy (non-hydrogen) atoms. The number of hydrogen-bond donors (Lipinski definition) is 1. The lowest BCUT2D eigenvalue weighted by Gasteiger charge is -2.11. The number of benzene rings is 1. The number of ether oxygens (including phenoxy) is 1. The van der Waals surface area contributed by atoms with Crippen LogP contribution in [0.3, 0.4) is 0 Å². The van der Waals surface area contributed by atoms with Gasteiger partial charge >= 0.3 is 0 Å². The van der Waals surface area contributed by atoms with Gasteiger partial charge in [0.2, 0.25) is 0 Å². The molecule has 0 aliphatic heterocycles. The van der Waals surface area contributed by atoms with E-state index in [0.717, 1.165) is 30.6 Å². The van der Waals surface area contributed by atoms with E-state index in [1.54, 1.807) is 0 Å². The predicted molar refractivity (Wildman–Crippen MR) is 69.2 cm³/mol. The number of hydrogen-bond acceptors (Lipinski definition) is 2. The van der Waals surface area contributed by atoms with E-state index in [2.05, 4.69) is 6.92 Å². The molecule has 0 fully saturated rings. The molecule has 90 valence electrons. The molecule has 1 rings (SSSR count). The molecule has 1 aromatic rings. The van der Waals surface area contributed by atoms with Crippen LogP contribution < -0.4 is 10.5 Å². The summed E-state index contributed by atoms with van der Waals surface area (Å²) in [6, 6.07) is 5.99. The topological polar surface area (TPSA) is 35.2 Å². The van der Waals surface area contributed by atoms with Crippen LogP contribution in [-0.4, -0.2) is 12.6 Å². The zero-order valence-corrected chi connectivity index (χ0v) is 10.8. The Balaban J connectivity index is 2.34. The lowest BCUT2D eigenvalue weighted by Crippen LogP contribution is -2.19. The van der Waals surface area contributed by atoms with Crippen molar-refractivity contribution in [1.29, 1.82) is 0 Å². The minimum Gasteiger partial charge on any atom is -0.493 e. The first-order valence-corrected chi connectivity index (χ1v) is 6.15. The fraction of sp³-hybridized carbons (Fsp3) is 0.538. The highest BCUT2D eigenvalue weighted by Gasteiger charge is 2.02. The van der Waals surface area contributed by atoms with Crippen molar-refractivity contribution in [3.8, 4) is 5.75 Å². The van der Waals surface area contributed by atoms with Crippen LogP contribution in [0.2, 0.25) is 5.02 Å². The first kappa shape index (κ1) is 13.3. The summed E-state index contributed by atoms with van der Waals surface area (Å²) in [7, 11) is 0. The minimum absolute atomic E-state index is 0.295. The summed E-state index contributed by atoms with van der Waals surface area (Å²) < 4.78 is 5.67. The summed E-state index contributed by atoms with van der Waals surface area (Å²) in [4.78, 5) is 0. The lowest BCUT2D eigenvalue weighted by atomic mass is 10.1.